The molecular formula is C17H16Br2N2O4. The molecule has 25 heavy (non-hydrogen) atoms. The number of anilines is 1. The number of aromatic hydroxyl groups is 1. The smallest absolute Gasteiger partial charge is 0.244 e. The van der Waals surface area contributed by atoms with Crippen LogP contribution in [0.15, 0.2) is 24.3 Å². The first-order valence-electron chi connectivity index (χ1n) is 8.11. The number of para-hydroxylation sites is 2. The zero-order valence-electron chi connectivity index (χ0n) is 13.1. The van der Waals surface area contributed by atoms with Crippen molar-refractivity contribution in [1.29, 1.82) is 0 Å². The summed E-state index contributed by atoms with van der Waals surface area (Å²) in [6.45, 7) is -0.321. The molecule has 3 fully saturated rings. The second kappa shape index (κ2) is 6.09. The van der Waals surface area contributed by atoms with E-state index in [0.29, 0.717) is 0 Å². The van der Waals surface area contributed by atoms with Gasteiger partial charge in [-0.25, -0.2) is 0 Å². The highest BCUT2D eigenvalue weighted by Gasteiger charge is 2.66. The highest BCUT2D eigenvalue weighted by atomic mass is 79.9. The van der Waals surface area contributed by atoms with E-state index in [1.807, 2.05) is 0 Å². The van der Waals surface area contributed by atoms with Crippen molar-refractivity contribution in [3.63, 3.8) is 0 Å². The van der Waals surface area contributed by atoms with Crippen LogP contribution in [0.1, 0.15) is 6.42 Å². The summed E-state index contributed by atoms with van der Waals surface area (Å²) in [6.07, 6.45) is 0.858. The van der Waals surface area contributed by atoms with Crippen LogP contribution in [-0.4, -0.2) is 43.9 Å². The summed E-state index contributed by atoms with van der Waals surface area (Å²) >= 11 is 7.26. The summed E-state index contributed by atoms with van der Waals surface area (Å²) in [5.41, 5.74) is 0.257. The number of rotatable bonds is 3. The molecule has 4 rings (SSSR count). The van der Waals surface area contributed by atoms with Gasteiger partial charge in [0.15, 0.2) is 0 Å². The molecule has 0 radical (unpaired) electrons. The van der Waals surface area contributed by atoms with Gasteiger partial charge in [-0.2, -0.15) is 0 Å². The molecule has 2 bridgehead atoms. The minimum absolute atomic E-state index is 0.0610. The third-order valence-corrected chi connectivity index (χ3v) is 8.76. The molecule has 3 aliphatic rings. The summed E-state index contributed by atoms with van der Waals surface area (Å²) in [4.78, 5) is 39.1. The zero-order chi connectivity index (χ0) is 17.9. The number of carbonyl (C=O) groups excluding carboxylic acids is 3. The largest absolute Gasteiger partial charge is 0.506 e. The Morgan fingerprint density at radius 3 is 2.24 bits per heavy atom. The van der Waals surface area contributed by atoms with Crippen LogP contribution in [0.4, 0.5) is 5.69 Å². The van der Waals surface area contributed by atoms with Gasteiger partial charge in [-0.3, -0.25) is 19.3 Å². The van der Waals surface area contributed by atoms with Gasteiger partial charge in [0.05, 0.1) is 17.5 Å². The number of phenols is 1. The number of likely N-dealkylation sites (tertiary alicyclic amines) is 1. The number of carbonyl (C=O) groups is 3. The average Bonchev–Trinajstić information content (AvgIpc) is 3.17. The van der Waals surface area contributed by atoms with Crippen molar-refractivity contribution in [1.82, 2.24) is 4.90 Å². The van der Waals surface area contributed by atoms with E-state index in [0.717, 1.165) is 11.3 Å². The topological polar surface area (TPSA) is 86.7 Å². The van der Waals surface area contributed by atoms with Crippen LogP contribution in [0, 0.1) is 23.7 Å². The van der Waals surface area contributed by atoms with E-state index in [1.54, 1.807) is 18.2 Å². The minimum atomic E-state index is -0.499. The number of halogens is 2. The molecule has 3 amide bonds. The number of hydrogen-bond acceptors (Lipinski definition) is 4. The van der Waals surface area contributed by atoms with Crippen molar-refractivity contribution in [3.05, 3.63) is 24.3 Å². The zero-order valence-corrected chi connectivity index (χ0v) is 16.2. The Bertz CT molecular complexity index is 739. The predicted molar refractivity (Wildman–Crippen MR) is 97.5 cm³/mol. The molecular weight excluding hydrogens is 456 g/mol. The number of nitrogens with one attached hydrogen (secondary N) is 1. The Morgan fingerprint density at radius 1 is 1.12 bits per heavy atom. The second-order valence-electron chi connectivity index (χ2n) is 6.83. The monoisotopic (exact) mass is 470 g/mol. The van der Waals surface area contributed by atoms with Crippen LogP contribution < -0.4 is 5.32 Å². The molecule has 0 unspecified atom stereocenters. The first-order valence-corrected chi connectivity index (χ1v) is 9.94. The normalized spacial score (nSPS) is 36.0. The molecule has 8 heteroatoms. The van der Waals surface area contributed by atoms with Crippen LogP contribution in [0.25, 0.3) is 0 Å². The number of phenolic OH excluding ortho intramolecular Hbond substituents is 1. The van der Waals surface area contributed by atoms with Gasteiger partial charge >= 0.3 is 0 Å². The van der Waals surface area contributed by atoms with E-state index in [2.05, 4.69) is 37.2 Å². The number of amides is 3. The van der Waals surface area contributed by atoms with Gasteiger partial charge in [-0.05, 0) is 30.4 Å². The molecule has 132 valence electrons. The Hall–Kier alpha value is -1.41. The van der Waals surface area contributed by atoms with Crippen molar-refractivity contribution < 1.29 is 19.5 Å². The van der Waals surface area contributed by atoms with Crippen LogP contribution >= 0.6 is 31.9 Å². The second-order valence-corrected chi connectivity index (χ2v) is 8.95. The van der Waals surface area contributed by atoms with Gasteiger partial charge in [-0.1, -0.05) is 44.0 Å². The number of fused-ring (bicyclic) bond motifs is 5. The van der Waals surface area contributed by atoms with E-state index in [-0.39, 0.29) is 63.1 Å². The minimum Gasteiger partial charge on any atom is -0.506 e. The molecule has 1 aromatic rings. The van der Waals surface area contributed by atoms with Crippen molar-refractivity contribution in [3.8, 4) is 5.75 Å². The molecule has 2 aliphatic carbocycles. The summed E-state index contributed by atoms with van der Waals surface area (Å²) in [5.74, 6) is -1.46. The number of hydrogen-bond donors (Lipinski definition) is 2. The van der Waals surface area contributed by atoms with Gasteiger partial charge in [0.2, 0.25) is 17.7 Å². The van der Waals surface area contributed by atoms with E-state index in [4.69, 9.17) is 0 Å². The first kappa shape index (κ1) is 17.0. The van der Waals surface area contributed by atoms with E-state index < -0.39 is 5.91 Å². The molecule has 2 N–H and O–H groups in total. The van der Waals surface area contributed by atoms with Crippen molar-refractivity contribution in [2.75, 3.05) is 11.9 Å². The maximum atomic E-state index is 12.7. The lowest BCUT2D eigenvalue weighted by Crippen LogP contribution is -2.39. The van der Waals surface area contributed by atoms with Crippen LogP contribution in [0.3, 0.4) is 0 Å². The van der Waals surface area contributed by atoms with Crippen LogP contribution in [0.2, 0.25) is 0 Å². The number of alkyl halides is 2. The molecule has 0 aromatic heterocycles. The lowest BCUT2D eigenvalue weighted by molar-refractivity contribution is -0.143. The summed E-state index contributed by atoms with van der Waals surface area (Å²) < 4.78 is 0. The predicted octanol–water partition coefficient (Wildman–Crippen LogP) is 2.11. The van der Waals surface area contributed by atoms with Gasteiger partial charge in [-0.15, -0.1) is 0 Å². The van der Waals surface area contributed by atoms with Gasteiger partial charge in [0.1, 0.15) is 12.3 Å². The summed E-state index contributed by atoms with van der Waals surface area (Å²) in [7, 11) is 0. The Morgan fingerprint density at radius 2 is 1.68 bits per heavy atom. The molecule has 6 atom stereocenters. The van der Waals surface area contributed by atoms with E-state index >= 15 is 0 Å². The van der Waals surface area contributed by atoms with Gasteiger partial charge < -0.3 is 10.4 Å². The quantitative estimate of drug-likeness (QED) is 0.401. The molecule has 1 aliphatic heterocycles. The maximum absolute atomic E-state index is 12.7. The SMILES string of the molecule is O=C(CN1C(=O)[C@@H]2[C@H]3C[C@@H]([C@H](Br)[C@H]3Br)[C@@H]2C1=O)Nc1ccccc1O. The fourth-order valence-electron chi connectivity index (χ4n) is 4.48. The number of nitrogens with zero attached hydrogens (tertiary/aromatic N) is 1. The Labute approximate surface area is 161 Å². The first-order chi connectivity index (χ1) is 11.9. The molecule has 6 nitrogen and oxygen atoms in total. The number of benzene rings is 1. The highest BCUT2D eigenvalue weighted by molar-refractivity contribution is 9.12. The van der Waals surface area contributed by atoms with E-state index in [9.17, 15) is 19.5 Å². The third-order valence-electron chi connectivity index (χ3n) is 5.56. The molecule has 2 saturated carbocycles. The Balaban J connectivity index is 1.49. The third kappa shape index (κ3) is 2.52. The summed E-state index contributed by atoms with van der Waals surface area (Å²) in [5, 5.41) is 12.3. The van der Waals surface area contributed by atoms with Crippen molar-refractivity contribution >= 4 is 55.3 Å². The lowest BCUT2D eigenvalue weighted by atomic mass is 9.81. The highest BCUT2D eigenvalue weighted by Crippen LogP contribution is 2.60. The van der Waals surface area contributed by atoms with E-state index in [1.165, 1.54) is 6.07 Å². The van der Waals surface area contributed by atoms with Gasteiger partial charge in [0.25, 0.3) is 0 Å². The number of imide groups is 1. The summed E-state index contributed by atoms with van der Waals surface area (Å²) in [6, 6.07) is 6.33. The Kier molecular flexibility index (Phi) is 4.15. The van der Waals surface area contributed by atoms with Crippen molar-refractivity contribution in [2.45, 2.75) is 16.1 Å². The average molecular weight is 472 g/mol. The lowest BCUT2D eigenvalue weighted by Gasteiger charge is -2.28. The molecule has 1 aromatic carbocycles. The van der Waals surface area contributed by atoms with Crippen LogP contribution in [0.5, 0.6) is 5.75 Å². The van der Waals surface area contributed by atoms with Gasteiger partial charge in [0, 0.05) is 9.65 Å². The fourth-order valence-corrected chi connectivity index (χ4v) is 6.35. The standard InChI is InChI=1S/C17H16Br2N2O4/c18-14-7-5-8(15(14)19)13-12(7)16(24)21(17(13)25)6-11(23)20-9-3-1-2-4-10(9)22/h1-4,7-8,12-15,22H,5-6H2,(H,20,23)/t7-,8-,12-,13+,14+,15+/m1/s1. The van der Waals surface area contributed by atoms with Crippen LogP contribution in [-0.2, 0) is 14.4 Å². The van der Waals surface area contributed by atoms with Crippen molar-refractivity contribution in [2.24, 2.45) is 23.7 Å². The maximum Gasteiger partial charge on any atom is 0.244 e. The molecule has 1 saturated heterocycles. The molecule has 1 heterocycles. The molecule has 0 spiro atoms. The fraction of sp³-hybridized carbons (Fsp3) is 0.471.